The maximum atomic E-state index is 5.46. The van der Waals surface area contributed by atoms with Gasteiger partial charge in [-0.2, -0.15) is 4.98 Å². The molecule has 1 aromatic rings. The van der Waals surface area contributed by atoms with Gasteiger partial charge in [-0.1, -0.05) is 0 Å². The van der Waals surface area contributed by atoms with Gasteiger partial charge >= 0.3 is 0 Å². The topological polar surface area (TPSA) is 56.3 Å². The van der Waals surface area contributed by atoms with E-state index in [1.54, 1.807) is 13.3 Å². The molecule has 0 aliphatic carbocycles. The average molecular weight is 311 g/mol. The molecule has 0 saturated carbocycles. The van der Waals surface area contributed by atoms with Gasteiger partial charge in [-0.3, -0.25) is 0 Å². The molecule has 1 heterocycles. The van der Waals surface area contributed by atoms with Crippen LogP contribution >= 0.6 is 27.5 Å². The Morgan fingerprint density at radius 3 is 3.00 bits per heavy atom. The van der Waals surface area contributed by atoms with Gasteiger partial charge in [-0.25, -0.2) is 4.98 Å². The van der Waals surface area contributed by atoms with Crippen molar-refractivity contribution in [2.75, 3.05) is 38.1 Å². The quantitative estimate of drug-likeness (QED) is 0.616. The van der Waals surface area contributed by atoms with Crippen LogP contribution in [0.1, 0.15) is 0 Å². The second-order valence-corrected chi connectivity index (χ2v) is 4.01. The molecule has 0 unspecified atom stereocenters. The number of hydrogen-bond acceptors (Lipinski definition) is 5. The molecule has 1 rings (SSSR count). The highest BCUT2D eigenvalue weighted by Gasteiger charge is 2.03. The highest BCUT2D eigenvalue weighted by atomic mass is 79.9. The van der Waals surface area contributed by atoms with Crippen molar-refractivity contribution in [3.05, 3.63) is 10.7 Å². The number of halogens is 2. The minimum atomic E-state index is 0.499. The highest BCUT2D eigenvalue weighted by molar-refractivity contribution is 9.10. The van der Waals surface area contributed by atoms with Crippen molar-refractivity contribution in [3.8, 4) is 5.88 Å². The molecule has 0 bridgehead atoms. The van der Waals surface area contributed by atoms with E-state index < -0.39 is 0 Å². The maximum absolute atomic E-state index is 5.46. The van der Waals surface area contributed by atoms with E-state index in [-0.39, 0.29) is 0 Å². The number of nitrogens with one attached hydrogen (secondary N) is 1. The molecule has 90 valence electrons. The average Bonchev–Trinajstić information content (AvgIpc) is 2.31. The third-order valence-electron chi connectivity index (χ3n) is 1.66. The predicted molar refractivity (Wildman–Crippen MR) is 66.3 cm³/mol. The Labute approximate surface area is 108 Å². The normalized spacial score (nSPS) is 10.2. The third kappa shape index (κ3) is 4.51. The molecule has 0 radical (unpaired) electrons. The van der Waals surface area contributed by atoms with Crippen molar-refractivity contribution >= 4 is 33.5 Å². The lowest BCUT2D eigenvalue weighted by atomic mass is 10.6. The van der Waals surface area contributed by atoms with Crippen molar-refractivity contribution in [1.82, 2.24) is 9.97 Å². The third-order valence-corrected chi connectivity index (χ3v) is 2.35. The summed E-state index contributed by atoms with van der Waals surface area (Å²) in [5.41, 5.74) is 0. The number of alkyl halides is 1. The van der Waals surface area contributed by atoms with Crippen LogP contribution in [0, 0.1) is 0 Å². The van der Waals surface area contributed by atoms with Crippen LogP contribution in [-0.4, -0.2) is 42.7 Å². The SMILES string of the molecule is COc1nc(NCCOCCCl)ncc1Br. The van der Waals surface area contributed by atoms with E-state index in [1.165, 1.54) is 0 Å². The van der Waals surface area contributed by atoms with Crippen LogP contribution in [0.4, 0.5) is 5.95 Å². The minimum absolute atomic E-state index is 0.499. The predicted octanol–water partition coefficient (Wildman–Crippen LogP) is 1.92. The highest BCUT2D eigenvalue weighted by Crippen LogP contribution is 2.21. The molecule has 1 N–H and O–H groups in total. The molecule has 0 amide bonds. The molecule has 16 heavy (non-hydrogen) atoms. The second-order valence-electron chi connectivity index (χ2n) is 2.78. The molecule has 0 saturated heterocycles. The molecule has 5 nitrogen and oxygen atoms in total. The van der Waals surface area contributed by atoms with Gasteiger partial charge in [0.1, 0.15) is 0 Å². The van der Waals surface area contributed by atoms with Crippen molar-refractivity contribution in [1.29, 1.82) is 0 Å². The van der Waals surface area contributed by atoms with Crippen molar-refractivity contribution in [3.63, 3.8) is 0 Å². The van der Waals surface area contributed by atoms with Crippen LogP contribution in [0.5, 0.6) is 5.88 Å². The van der Waals surface area contributed by atoms with E-state index >= 15 is 0 Å². The largest absolute Gasteiger partial charge is 0.480 e. The first-order valence-electron chi connectivity index (χ1n) is 4.72. The lowest BCUT2D eigenvalue weighted by molar-refractivity contribution is 0.159. The summed E-state index contributed by atoms with van der Waals surface area (Å²) in [6.07, 6.45) is 1.63. The summed E-state index contributed by atoms with van der Waals surface area (Å²) in [5, 5.41) is 3.01. The van der Waals surface area contributed by atoms with E-state index in [0.717, 1.165) is 4.47 Å². The summed E-state index contributed by atoms with van der Waals surface area (Å²) in [5.74, 6) is 1.51. The Kier molecular flexibility index (Phi) is 6.44. The van der Waals surface area contributed by atoms with Gasteiger partial charge in [0.05, 0.1) is 31.0 Å². The van der Waals surface area contributed by atoms with Crippen LogP contribution in [0.3, 0.4) is 0 Å². The second kappa shape index (κ2) is 7.65. The first-order valence-corrected chi connectivity index (χ1v) is 6.04. The lowest BCUT2D eigenvalue weighted by Gasteiger charge is -2.07. The van der Waals surface area contributed by atoms with E-state index in [9.17, 15) is 0 Å². The summed E-state index contributed by atoms with van der Waals surface area (Å²) < 4.78 is 11.0. The summed E-state index contributed by atoms with van der Waals surface area (Å²) in [7, 11) is 1.56. The fraction of sp³-hybridized carbons (Fsp3) is 0.556. The van der Waals surface area contributed by atoms with Crippen LogP contribution in [-0.2, 0) is 4.74 Å². The first-order chi connectivity index (χ1) is 7.77. The van der Waals surface area contributed by atoms with Gasteiger partial charge in [0, 0.05) is 12.4 Å². The molecular weight excluding hydrogens is 297 g/mol. The van der Waals surface area contributed by atoms with Crippen LogP contribution in [0.25, 0.3) is 0 Å². The number of aromatic nitrogens is 2. The molecule has 0 aliphatic rings. The number of rotatable bonds is 7. The molecule has 0 fully saturated rings. The Morgan fingerprint density at radius 2 is 2.31 bits per heavy atom. The van der Waals surface area contributed by atoms with E-state index in [2.05, 4.69) is 31.2 Å². The lowest BCUT2D eigenvalue weighted by Crippen LogP contribution is -2.12. The van der Waals surface area contributed by atoms with E-state index in [0.29, 0.717) is 37.5 Å². The Hall–Kier alpha value is -0.590. The van der Waals surface area contributed by atoms with Gasteiger partial charge in [-0.05, 0) is 15.9 Å². The van der Waals surface area contributed by atoms with Crippen LogP contribution < -0.4 is 10.1 Å². The fourth-order valence-electron chi connectivity index (χ4n) is 0.971. The first kappa shape index (κ1) is 13.5. The molecule has 7 heteroatoms. The van der Waals surface area contributed by atoms with Gasteiger partial charge in [-0.15, -0.1) is 11.6 Å². The van der Waals surface area contributed by atoms with E-state index in [1.807, 2.05) is 0 Å². The fourth-order valence-corrected chi connectivity index (χ4v) is 1.43. The minimum Gasteiger partial charge on any atom is -0.480 e. The number of ether oxygens (including phenoxy) is 2. The summed E-state index contributed by atoms with van der Waals surface area (Å²) in [6, 6.07) is 0. The molecule has 0 aliphatic heterocycles. The zero-order valence-electron chi connectivity index (χ0n) is 8.87. The van der Waals surface area contributed by atoms with Gasteiger partial charge in [0.2, 0.25) is 11.8 Å². The zero-order valence-corrected chi connectivity index (χ0v) is 11.2. The van der Waals surface area contributed by atoms with Crippen molar-refractivity contribution in [2.45, 2.75) is 0 Å². The summed E-state index contributed by atoms with van der Waals surface area (Å²) in [6.45, 7) is 1.74. The Balaban J connectivity index is 2.36. The molecule has 1 aromatic heterocycles. The van der Waals surface area contributed by atoms with Crippen LogP contribution in [0.2, 0.25) is 0 Å². The maximum Gasteiger partial charge on any atom is 0.232 e. The number of nitrogens with zero attached hydrogens (tertiary/aromatic N) is 2. The standard InChI is InChI=1S/C9H13BrClN3O2/c1-15-8-7(10)6-13-9(14-8)12-3-5-16-4-2-11/h6H,2-5H2,1H3,(H,12,13,14). The molecular formula is C9H13BrClN3O2. The Morgan fingerprint density at radius 1 is 1.50 bits per heavy atom. The van der Waals surface area contributed by atoms with Gasteiger partial charge < -0.3 is 14.8 Å². The zero-order chi connectivity index (χ0) is 11.8. The van der Waals surface area contributed by atoms with Crippen molar-refractivity contribution in [2.24, 2.45) is 0 Å². The van der Waals surface area contributed by atoms with Gasteiger partial charge in [0.15, 0.2) is 0 Å². The van der Waals surface area contributed by atoms with Gasteiger partial charge in [0.25, 0.3) is 0 Å². The monoisotopic (exact) mass is 309 g/mol. The Bertz CT molecular complexity index is 328. The number of anilines is 1. The number of methoxy groups -OCH3 is 1. The summed E-state index contributed by atoms with van der Waals surface area (Å²) >= 11 is 8.74. The smallest absolute Gasteiger partial charge is 0.232 e. The summed E-state index contributed by atoms with van der Waals surface area (Å²) in [4.78, 5) is 8.21. The van der Waals surface area contributed by atoms with E-state index in [4.69, 9.17) is 21.1 Å². The number of hydrogen-bond donors (Lipinski definition) is 1. The van der Waals surface area contributed by atoms with Crippen LogP contribution in [0.15, 0.2) is 10.7 Å². The molecule has 0 aromatic carbocycles. The van der Waals surface area contributed by atoms with Crippen molar-refractivity contribution < 1.29 is 9.47 Å². The molecule has 0 spiro atoms. The molecule has 0 atom stereocenters.